The molecule has 0 aliphatic heterocycles. The predicted molar refractivity (Wildman–Crippen MR) is 65.2 cm³/mol. The first-order chi connectivity index (χ1) is 8.03. The third-order valence-corrected chi connectivity index (χ3v) is 2.18. The summed E-state index contributed by atoms with van der Waals surface area (Å²) in [6.07, 6.45) is 3.61. The molecule has 0 aliphatic carbocycles. The van der Waals surface area contributed by atoms with Crippen LogP contribution in [0.25, 0.3) is 0 Å². The molecule has 1 aromatic rings. The second kappa shape index (κ2) is 5.99. The van der Waals surface area contributed by atoms with Gasteiger partial charge in [0.25, 0.3) is 0 Å². The Bertz CT molecular complexity index is 405. The minimum absolute atomic E-state index is 0.242. The minimum atomic E-state index is -0.633. The van der Waals surface area contributed by atoms with Gasteiger partial charge in [0.15, 0.2) is 0 Å². The Morgan fingerprint density at radius 2 is 1.94 bits per heavy atom. The lowest BCUT2D eigenvalue weighted by Gasteiger charge is -2.09. The molecule has 3 nitrogen and oxygen atoms in total. The highest BCUT2D eigenvalue weighted by Gasteiger charge is 2.12. The van der Waals surface area contributed by atoms with Gasteiger partial charge < -0.3 is 9.53 Å². The van der Waals surface area contributed by atoms with E-state index in [9.17, 15) is 9.59 Å². The Hall–Kier alpha value is -1.90. The summed E-state index contributed by atoms with van der Waals surface area (Å²) in [5.74, 6) is -0.441. The van der Waals surface area contributed by atoms with E-state index in [1.165, 1.54) is 12.2 Å². The Kier molecular flexibility index (Phi) is 4.64. The summed E-state index contributed by atoms with van der Waals surface area (Å²) in [6.45, 7) is 3.69. The van der Waals surface area contributed by atoms with Crippen LogP contribution in [0.1, 0.15) is 19.4 Å². The molecule has 0 heterocycles. The molecule has 1 rings (SSSR count). The van der Waals surface area contributed by atoms with E-state index in [4.69, 9.17) is 4.74 Å². The first kappa shape index (κ1) is 13.2. The fourth-order valence-corrected chi connectivity index (χ4v) is 1.10. The number of benzene rings is 1. The van der Waals surface area contributed by atoms with Crippen molar-refractivity contribution in [2.45, 2.75) is 20.5 Å². The zero-order chi connectivity index (χ0) is 12.7. The average Bonchev–Trinajstić information content (AvgIpc) is 2.35. The molecule has 0 fully saturated rings. The van der Waals surface area contributed by atoms with Gasteiger partial charge in [-0.15, -0.1) is 0 Å². The van der Waals surface area contributed by atoms with Crippen molar-refractivity contribution < 1.29 is 14.3 Å². The van der Waals surface area contributed by atoms with E-state index in [0.717, 1.165) is 11.8 Å². The summed E-state index contributed by atoms with van der Waals surface area (Å²) >= 11 is 0. The third-order valence-electron chi connectivity index (χ3n) is 2.18. The monoisotopic (exact) mass is 232 g/mol. The Morgan fingerprint density at radius 3 is 2.53 bits per heavy atom. The van der Waals surface area contributed by atoms with Crippen LogP contribution in [-0.4, -0.2) is 12.3 Å². The van der Waals surface area contributed by atoms with E-state index in [2.05, 4.69) is 0 Å². The van der Waals surface area contributed by atoms with Gasteiger partial charge in [-0.1, -0.05) is 36.4 Å². The van der Waals surface area contributed by atoms with Crippen LogP contribution in [0.5, 0.6) is 0 Å². The second-order valence-corrected chi connectivity index (χ2v) is 4.37. The molecule has 0 amide bonds. The highest BCUT2D eigenvalue weighted by Crippen LogP contribution is 2.12. The summed E-state index contributed by atoms with van der Waals surface area (Å²) < 4.78 is 5.03. The highest BCUT2D eigenvalue weighted by molar-refractivity contribution is 5.83. The van der Waals surface area contributed by atoms with E-state index in [1.54, 1.807) is 13.8 Å². The zero-order valence-corrected chi connectivity index (χ0v) is 10.1. The molecule has 3 heteroatoms. The minimum Gasteiger partial charge on any atom is -0.458 e. The van der Waals surface area contributed by atoms with Crippen molar-refractivity contribution in [2.75, 3.05) is 0 Å². The molecular weight excluding hydrogens is 216 g/mol. The number of allylic oxidation sites excluding steroid dienone is 1. The maximum atomic E-state index is 11.4. The zero-order valence-electron chi connectivity index (χ0n) is 10.1. The van der Waals surface area contributed by atoms with Gasteiger partial charge in [0.1, 0.15) is 12.9 Å². The van der Waals surface area contributed by atoms with E-state index < -0.39 is 11.4 Å². The molecule has 0 saturated carbocycles. The largest absolute Gasteiger partial charge is 0.458 e. The first-order valence-electron chi connectivity index (χ1n) is 5.40. The summed E-state index contributed by atoms with van der Waals surface area (Å²) in [7, 11) is 0. The maximum Gasteiger partial charge on any atom is 0.330 e. The van der Waals surface area contributed by atoms with Crippen LogP contribution in [0, 0.1) is 5.41 Å². The summed E-state index contributed by atoms with van der Waals surface area (Å²) in [5.41, 5.74) is 0.301. The van der Waals surface area contributed by atoms with Crippen molar-refractivity contribution in [3.05, 3.63) is 48.0 Å². The maximum absolute atomic E-state index is 11.4. The van der Waals surface area contributed by atoms with Crippen molar-refractivity contribution in [2.24, 2.45) is 5.41 Å². The van der Waals surface area contributed by atoms with Gasteiger partial charge in [-0.2, -0.15) is 0 Å². The van der Waals surface area contributed by atoms with E-state index in [-0.39, 0.29) is 6.61 Å². The number of esters is 1. The molecule has 0 radical (unpaired) electrons. The lowest BCUT2D eigenvalue weighted by atomic mass is 9.95. The Balaban J connectivity index is 2.44. The Morgan fingerprint density at radius 1 is 1.29 bits per heavy atom. The van der Waals surface area contributed by atoms with Crippen LogP contribution in [0.3, 0.4) is 0 Å². The molecule has 0 saturated heterocycles. The molecule has 1 aromatic carbocycles. The molecule has 0 bridgehead atoms. The molecule has 0 aliphatic rings. The fourth-order valence-electron chi connectivity index (χ4n) is 1.10. The van der Waals surface area contributed by atoms with Crippen LogP contribution in [0.15, 0.2) is 42.5 Å². The third kappa shape index (κ3) is 5.11. The summed E-state index contributed by atoms with van der Waals surface area (Å²) in [5, 5.41) is 0. The number of ether oxygens (including phenoxy) is 1. The SMILES string of the molecule is CC(C)(C=O)/C=C\C(=O)OCc1ccccc1. The van der Waals surface area contributed by atoms with Crippen LogP contribution in [-0.2, 0) is 20.9 Å². The highest BCUT2D eigenvalue weighted by atomic mass is 16.5. The van der Waals surface area contributed by atoms with E-state index in [0.29, 0.717) is 0 Å². The smallest absolute Gasteiger partial charge is 0.330 e. The van der Waals surface area contributed by atoms with Crippen LogP contribution in [0.2, 0.25) is 0 Å². The van der Waals surface area contributed by atoms with E-state index >= 15 is 0 Å². The standard InChI is InChI=1S/C14H16O3/c1-14(2,11-15)9-8-13(16)17-10-12-6-4-3-5-7-12/h3-9,11H,10H2,1-2H3/b9-8-. The normalized spacial score (nSPS) is 11.4. The van der Waals surface area contributed by atoms with Crippen molar-refractivity contribution in [1.82, 2.24) is 0 Å². The lowest BCUT2D eigenvalue weighted by molar-refractivity contribution is -0.139. The first-order valence-corrected chi connectivity index (χ1v) is 5.40. The quantitative estimate of drug-likeness (QED) is 0.445. The van der Waals surface area contributed by atoms with Gasteiger partial charge in [-0.05, 0) is 19.4 Å². The summed E-state index contributed by atoms with van der Waals surface area (Å²) in [4.78, 5) is 22.0. The van der Waals surface area contributed by atoms with E-state index in [1.807, 2.05) is 30.3 Å². The summed E-state index contributed by atoms with van der Waals surface area (Å²) in [6, 6.07) is 9.43. The van der Waals surface area contributed by atoms with Gasteiger partial charge in [-0.3, -0.25) is 0 Å². The molecule has 0 unspecified atom stereocenters. The van der Waals surface area contributed by atoms with Gasteiger partial charge in [-0.25, -0.2) is 4.79 Å². The molecule has 0 aromatic heterocycles. The van der Waals surface area contributed by atoms with Crippen molar-refractivity contribution >= 4 is 12.3 Å². The molecule has 90 valence electrons. The van der Waals surface area contributed by atoms with Gasteiger partial charge >= 0.3 is 5.97 Å². The number of carbonyl (C=O) groups excluding carboxylic acids is 2. The average molecular weight is 232 g/mol. The molecule has 17 heavy (non-hydrogen) atoms. The van der Waals surface area contributed by atoms with Gasteiger partial charge in [0, 0.05) is 11.5 Å². The Labute approximate surface area is 101 Å². The molecular formula is C14H16O3. The van der Waals surface area contributed by atoms with Crippen molar-refractivity contribution in [1.29, 1.82) is 0 Å². The molecule has 0 atom stereocenters. The second-order valence-electron chi connectivity index (χ2n) is 4.37. The van der Waals surface area contributed by atoms with Crippen molar-refractivity contribution in [3.63, 3.8) is 0 Å². The molecule has 0 spiro atoms. The fraction of sp³-hybridized carbons (Fsp3) is 0.286. The number of carbonyl (C=O) groups is 2. The van der Waals surface area contributed by atoms with Gasteiger partial charge in [0.2, 0.25) is 0 Å². The number of aldehydes is 1. The van der Waals surface area contributed by atoms with Crippen LogP contribution in [0.4, 0.5) is 0 Å². The number of hydrogen-bond donors (Lipinski definition) is 0. The lowest BCUT2D eigenvalue weighted by Crippen LogP contribution is -2.10. The number of rotatable bonds is 5. The topological polar surface area (TPSA) is 43.4 Å². The van der Waals surface area contributed by atoms with Crippen molar-refractivity contribution in [3.8, 4) is 0 Å². The predicted octanol–water partition coefficient (Wildman–Crippen LogP) is 2.51. The number of hydrogen-bond acceptors (Lipinski definition) is 3. The van der Waals surface area contributed by atoms with Crippen LogP contribution >= 0.6 is 0 Å². The van der Waals surface area contributed by atoms with Crippen LogP contribution < -0.4 is 0 Å². The van der Waals surface area contributed by atoms with Gasteiger partial charge in [0.05, 0.1) is 0 Å². The molecule has 0 N–H and O–H groups in total.